The molecule has 0 aliphatic heterocycles. The summed E-state index contributed by atoms with van der Waals surface area (Å²) in [7, 11) is 0. The van der Waals surface area contributed by atoms with Gasteiger partial charge in [-0.05, 0) is 37.5 Å². The van der Waals surface area contributed by atoms with E-state index in [2.05, 4.69) is 44.7 Å². The van der Waals surface area contributed by atoms with Crippen LogP contribution in [0.4, 0.5) is 5.69 Å². The van der Waals surface area contributed by atoms with Crippen molar-refractivity contribution in [2.75, 3.05) is 18.0 Å². The summed E-state index contributed by atoms with van der Waals surface area (Å²) in [6.45, 7) is 10.5. The molecule has 1 rings (SSSR count). The number of nitriles is 1. The Bertz CT molecular complexity index is 388. The van der Waals surface area contributed by atoms with Crippen LogP contribution in [0.5, 0.6) is 0 Å². The van der Waals surface area contributed by atoms with E-state index < -0.39 is 0 Å². The lowest BCUT2D eigenvalue weighted by Crippen LogP contribution is -2.28. The van der Waals surface area contributed by atoms with Crippen LogP contribution in [0.3, 0.4) is 0 Å². The molecule has 0 amide bonds. The van der Waals surface area contributed by atoms with E-state index in [0.717, 1.165) is 24.3 Å². The average molecular weight is 216 g/mol. The van der Waals surface area contributed by atoms with Gasteiger partial charge in [0.05, 0.1) is 11.3 Å². The van der Waals surface area contributed by atoms with Gasteiger partial charge in [0.15, 0.2) is 0 Å². The molecule has 0 bridgehead atoms. The average Bonchev–Trinajstić information content (AvgIpc) is 2.25. The maximum absolute atomic E-state index is 9.11. The molecule has 0 heterocycles. The number of aryl methyl sites for hydroxylation is 1. The smallest absolute Gasteiger partial charge is 0.101 e. The Balaban J connectivity index is 3.08. The third-order valence-corrected chi connectivity index (χ3v) is 2.58. The summed E-state index contributed by atoms with van der Waals surface area (Å²) >= 11 is 0. The van der Waals surface area contributed by atoms with E-state index in [-0.39, 0.29) is 0 Å². The number of rotatable bonds is 4. The van der Waals surface area contributed by atoms with Gasteiger partial charge in [-0.2, -0.15) is 5.26 Å². The fourth-order valence-electron chi connectivity index (χ4n) is 1.84. The van der Waals surface area contributed by atoms with Crippen molar-refractivity contribution in [3.63, 3.8) is 0 Å². The van der Waals surface area contributed by atoms with E-state index in [1.165, 1.54) is 5.56 Å². The lowest BCUT2D eigenvalue weighted by atomic mass is 10.1. The van der Waals surface area contributed by atoms with E-state index in [1.54, 1.807) is 0 Å². The summed E-state index contributed by atoms with van der Waals surface area (Å²) in [5, 5.41) is 9.11. The van der Waals surface area contributed by atoms with Crippen LogP contribution in [-0.4, -0.2) is 13.1 Å². The molecule has 1 aromatic carbocycles. The monoisotopic (exact) mass is 216 g/mol. The van der Waals surface area contributed by atoms with Crippen molar-refractivity contribution in [3.8, 4) is 6.07 Å². The zero-order chi connectivity index (χ0) is 12.1. The third-order valence-electron chi connectivity index (χ3n) is 2.58. The minimum atomic E-state index is 0.604. The summed E-state index contributed by atoms with van der Waals surface area (Å²) in [5.74, 6) is 0.604. The van der Waals surface area contributed by atoms with E-state index in [1.807, 2.05) is 12.1 Å². The lowest BCUT2D eigenvalue weighted by molar-refractivity contribution is 0.618. The van der Waals surface area contributed by atoms with Crippen LogP contribution in [0.1, 0.15) is 31.9 Å². The molecule has 0 atom stereocenters. The number of benzene rings is 1. The molecule has 0 saturated carbocycles. The largest absolute Gasteiger partial charge is 0.370 e. The number of hydrogen-bond acceptors (Lipinski definition) is 2. The van der Waals surface area contributed by atoms with Gasteiger partial charge in [-0.25, -0.2) is 0 Å². The maximum Gasteiger partial charge on any atom is 0.101 e. The van der Waals surface area contributed by atoms with Gasteiger partial charge in [-0.1, -0.05) is 19.9 Å². The molecule has 0 radical (unpaired) electrons. The molecule has 0 aromatic heterocycles. The Hall–Kier alpha value is -1.49. The summed E-state index contributed by atoms with van der Waals surface area (Å²) < 4.78 is 0. The zero-order valence-corrected chi connectivity index (χ0v) is 10.6. The molecule has 16 heavy (non-hydrogen) atoms. The van der Waals surface area contributed by atoms with Gasteiger partial charge in [0, 0.05) is 13.1 Å². The molecule has 0 spiro atoms. The van der Waals surface area contributed by atoms with Crippen molar-refractivity contribution in [1.82, 2.24) is 0 Å². The van der Waals surface area contributed by atoms with Crippen LogP contribution < -0.4 is 4.90 Å². The molecule has 0 saturated heterocycles. The lowest BCUT2D eigenvalue weighted by Gasteiger charge is -2.26. The van der Waals surface area contributed by atoms with Gasteiger partial charge in [-0.3, -0.25) is 0 Å². The molecule has 2 nitrogen and oxygen atoms in total. The van der Waals surface area contributed by atoms with Gasteiger partial charge in [-0.15, -0.1) is 0 Å². The van der Waals surface area contributed by atoms with Gasteiger partial charge in [0.2, 0.25) is 0 Å². The van der Waals surface area contributed by atoms with Crippen LogP contribution in [0, 0.1) is 24.2 Å². The Morgan fingerprint density at radius 2 is 2.06 bits per heavy atom. The summed E-state index contributed by atoms with van der Waals surface area (Å²) in [4.78, 5) is 2.27. The van der Waals surface area contributed by atoms with Crippen LogP contribution >= 0.6 is 0 Å². The molecule has 0 fully saturated rings. The Kier molecular flexibility index (Phi) is 4.37. The van der Waals surface area contributed by atoms with Crippen LogP contribution in [0.15, 0.2) is 18.2 Å². The minimum absolute atomic E-state index is 0.604. The first-order chi connectivity index (χ1) is 7.58. The first-order valence-electron chi connectivity index (χ1n) is 5.84. The molecule has 0 unspecified atom stereocenters. The van der Waals surface area contributed by atoms with E-state index in [9.17, 15) is 0 Å². The van der Waals surface area contributed by atoms with Crippen molar-refractivity contribution in [1.29, 1.82) is 5.26 Å². The minimum Gasteiger partial charge on any atom is -0.370 e. The van der Waals surface area contributed by atoms with Crippen molar-refractivity contribution in [3.05, 3.63) is 29.3 Å². The zero-order valence-electron chi connectivity index (χ0n) is 10.6. The fraction of sp³-hybridized carbons (Fsp3) is 0.500. The van der Waals surface area contributed by atoms with E-state index >= 15 is 0 Å². The first kappa shape index (κ1) is 12.6. The van der Waals surface area contributed by atoms with Crippen molar-refractivity contribution in [2.45, 2.75) is 27.7 Å². The molecular weight excluding hydrogens is 196 g/mol. The highest BCUT2D eigenvalue weighted by molar-refractivity contribution is 5.60. The molecular formula is C14H20N2. The molecule has 86 valence electrons. The topological polar surface area (TPSA) is 27.0 Å². The summed E-state index contributed by atoms with van der Waals surface area (Å²) in [5.41, 5.74) is 3.04. The standard InChI is InChI=1S/C14H20N2/c1-5-16(10-11(2)3)14-8-12(4)6-7-13(14)9-15/h6-8,11H,5,10H2,1-4H3. The van der Waals surface area contributed by atoms with Crippen LogP contribution in [-0.2, 0) is 0 Å². The molecule has 0 aliphatic carbocycles. The second-order valence-electron chi connectivity index (χ2n) is 4.56. The van der Waals surface area contributed by atoms with Crippen LogP contribution in [0.2, 0.25) is 0 Å². The van der Waals surface area contributed by atoms with Gasteiger partial charge >= 0.3 is 0 Å². The number of hydrogen-bond donors (Lipinski definition) is 0. The second kappa shape index (κ2) is 5.55. The SMILES string of the molecule is CCN(CC(C)C)c1cc(C)ccc1C#N. The van der Waals surface area contributed by atoms with Crippen molar-refractivity contribution >= 4 is 5.69 Å². The van der Waals surface area contributed by atoms with E-state index in [0.29, 0.717) is 5.92 Å². The Morgan fingerprint density at radius 3 is 2.56 bits per heavy atom. The quantitative estimate of drug-likeness (QED) is 0.771. The normalized spacial score (nSPS) is 10.2. The highest BCUT2D eigenvalue weighted by atomic mass is 15.1. The van der Waals surface area contributed by atoms with Crippen LogP contribution in [0.25, 0.3) is 0 Å². The highest BCUT2D eigenvalue weighted by Crippen LogP contribution is 2.22. The molecule has 2 heteroatoms. The van der Waals surface area contributed by atoms with E-state index in [4.69, 9.17) is 5.26 Å². The van der Waals surface area contributed by atoms with Crippen molar-refractivity contribution < 1.29 is 0 Å². The van der Waals surface area contributed by atoms with Gasteiger partial charge in [0.1, 0.15) is 6.07 Å². The number of nitrogens with zero attached hydrogens (tertiary/aromatic N) is 2. The Labute approximate surface area is 98.5 Å². The van der Waals surface area contributed by atoms with Crippen molar-refractivity contribution in [2.24, 2.45) is 5.92 Å². The maximum atomic E-state index is 9.11. The predicted molar refractivity (Wildman–Crippen MR) is 68.6 cm³/mol. The predicted octanol–water partition coefficient (Wildman–Crippen LogP) is 3.35. The second-order valence-corrected chi connectivity index (χ2v) is 4.56. The summed E-state index contributed by atoms with van der Waals surface area (Å²) in [6.07, 6.45) is 0. The highest BCUT2D eigenvalue weighted by Gasteiger charge is 2.11. The third kappa shape index (κ3) is 3.00. The Morgan fingerprint density at radius 1 is 1.38 bits per heavy atom. The number of anilines is 1. The molecule has 0 N–H and O–H groups in total. The van der Waals surface area contributed by atoms with Gasteiger partial charge < -0.3 is 4.90 Å². The molecule has 1 aromatic rings. The first-order valence-corrected chi connectivity index (χ1v) is 5.84. The summed E-state index contributed by atoms with van der Waals surface area (Å²) in [6, 6.07) is 8.27. The molecule has 0 aliphatic rings. The van der Waals surface area contributed by atoms with Gasteiger partial charge in [0.25, 0.3) is 0 Å². The fourth-order valence-corrected chi connectivity index (χ4v) is 1.84.